The first kappa shape index (κ1) is 25.3. The monoisotopic (exact) mass is 461 g/mol. The van der Waals surface area contributed by atoms with Crippen LogP contribution in [0, 0.1) is 0 Å². The van der Waals surface area contributed by atoms with E-state index in [0.717, 1.165) is 5.56 Å². The first-order chi connectivity index (χ1) is 14.7. The average molecular weight is 461 g/mol. The lowest BCUT2D eigenvalue weighted by Gasteiger charge is -2.31. The molecule has 1 heterocycles. The standard InChI is InChI=1S/C19H28NO10P/c1-26-15-6-3-2-5-13(15)8-9-18(21)30-16-7-4-10-27-17(16)12-29-31(24,25)28-11-14(20)19(22)23/h2-3,5-6,14,16-17H,4,7-12,20H2,1H3,(H,22,23)(H,24,25)/t14-,16-,17+/m0/s1. The van der Waals surface area contributed by atoms with Gasteiger partial charge in [0.2, 0.25) is 0 Å². The number of benzene rings is 1. The van der Waals surface area contributed by atoms with Crippen LogP contribution in [-0.4, -0.2) is 67.1 Å². The van der Waals surface area contributed by atoms with E-state index in [1.807, 2.05) is 24.3 Å². The fourth-order valence-electron chi connectivity index (χ4n) is 2.93. The van der Waals surface area contributed by atoms with Crippen molar-refractivity contribution in [2.45, 2.75) is 43.9 Å². The molecule has 0 aliphatic carbocycles. The van der Waals surface area contributed by atoms with Crippen molar-refractivity contribution < 1.29 is 47.4 Å². The lowest BCUT2D eigenvalue weighted by Crippen LogP contribution is -2.40. The molecular formula is C19H28NO10P. The third kappa shape index (κ3) is 8.56. The van der Waals surface area contributed by atoms with Gasteiger partial charge in [-0.05, 0) is 30.9 Å². The van der Waals surface area contributed by atoms with Crippen LogP contribution in [0.1, 0.15) is 24.8 Å². The number of aryl methyl sites for hydroxylation is 1. The van der Waals surface area contributed by atoms with E-state index in [4.69, 9.17) is 29.6 Å². The van der Waals surface area contributed by atoms with Crippen LogP contribution in [0.5, 0.6) is 5.75 Å². The zero-order valence-electron chi connectivity index (χ0n) is 17.2. The molecule has 0 spiro atoms. The summed E-state index contributed by atoms with van der Waals surface area (Å²) in [5.74, 6) is -1.14. The molecule has 31 heavy (non-hydrogen) atoms. The summed E-state index contributed by atoms with van der Waals surface area (Å²) in [5, 5.41) is 8.68. The second-order valence-corrected chi connectivity index (χ2v) is 8.35. The van der Waals surface area contributed by atoms with E-state index in [9.17, 15) is 19.0 Å². The molecule has 4 N–H and O–H groups in total. The van der Waals surface area contributed by atoms with E-state index >= 15 is 0 Å². The van der Waals surface area contributed by atoms with Gasteiger partial charge >= 0.3 is 19.8 Å². The summed E-state index contributed by atoms with van der Waals surface area (Å²) in [4.78, 5) is 32.7. The number of ether oxygens (including phenoxy) is 3. The van der Waals surface area contributed by atoms with E-state index in [1.54, 1.807) is 7.11 Å². The average Bonchev–Trinajstić information content (AvgIpc) is 2.75. The summed E-state index contributed by atoms with van der Waals surface area (Å²) < 4.78 is 37.7. The number of esters is 1. The lowest BCUT2D eigenvalue weighted by atomic mass is 10.1. The van der Waals surface area contributed by atoms with Crippen LogP contribution in [0.3, 0.4) is 0 Å². The van der Waals surface area contributed by atoms with Crippen molar-refractivity contribution in [1.82, 2.24) is 0 Å². The highest BCUT2D eigenvalue weighted by Gasteiger charge is 2.33. The molecule has 1 aromatic rings. The van der Waals surface area contributed by atoms with Crippen LogP contribution in [-0.2, 0) is 39.1 Å². The highest BCUT2D eigenvalue weighted by atomic mass is 31.2. The molecule has 1 saturated heterocycles. The molecule has 0 radical (unpaired) electrons. The van der Waals surface area contributed by atoms with Crippen LogP contribution in [0.25, 0.3) is 0 Å². The van der Waals surface area contributed by atoms with Crippen LogP contribution in [0.15, 0.2) is 24.3 Å². The van der Waals surface area contributed by atoms with Gasteiger partial charge in [0.05, 0.1) is 20.3 Å². The summed E-state index contributed by atoms with van der Waals surface area (Å²) in [7, 11) is -3.00. The zero-order chi connectivity index (χ0) is 22.9. The molecule has 1 unspecified atom stereocenters. The topological polar surface area (TPSA) is 164 Å². The number of carboxylic acid groups (broad SMARTS) is 1. The third-order valence-electron chi connectivity index (χ3n) is 4.59. The van der Waals surface area contributed by atoms with E-state index in [-0.39, 0.29) is 13.0 Å². The summed E-state index contributed by atoms with van der Waals surface area (Å²) in [6, 6.07) is 5.89. The number of nitrogens with two attached hydrogens (primary N) is 1. The maximum atomic E-state index is 12.3. The van der Waals surface area contributed by atoms with Gasteiger partial charge in [-0.15, -0.1) is 0 Å². The molecule has 1 aromatic carbocycles. The van der Waals surface area contributed by atoms with Crippen molar-refractivity contribution >= 4 is 19.8 Å². The number of hydrogen-bond acceptors (Lipinski definition) is 9. The summed E-state index contributed by atoms with van der Waals surface area (Å²) in [6.45, 7) is -0.694. The number of rotatable bonds is 12. The Morgan fingerprint density at radius 1 is 1.32 bits per heavy atom. The number of methoxy groups -OCH3 is 1. The van der Waals surface area contributed by atoms with Gasteiger partial charge in [-0.3, -0.25) is 18.6 Å². The Kier molecular flexibility index (Phi) is 9.89. The summed E-state index contributed by atoms with van der Waals surface area (Å²) in [6.07, 6.45) is 0.304. The molecule has 1 aliphatic heterocycles. The van der Waals surface area contributed by atoms with Crippen LogP contribution < -0.4 is 10.5 Å². The fourth-order valence-corrected chi connectivity index (χ4v) is 3.69. The predicted octanol–water partition coefficient (Wildman–Crippen LogP) is 1.26. The number of hydrogen-bond donors (Lipinski definition) is 3. The van der Waals surface area contributed by atoms with Gasteiger partial charge in [-0.25, -0.2) is 4.57 Å². The van der Waals surface area contributed by atoms with E-state index in [0.29, 0.717) is 31.6 Å². The smallest absolute Gasteiger partial charge is 0.472 e. The van der Waals surface area contributed by atoms with Gasteiger partial charge < -0.3 is 29.9 Å². The molecule has 0 saturated carbocycles. The van der Waals surface area contributed by atoms with Crippen LogP contribution in [0.4, 0.5) is 0 Å². The molecule has 174 valence electrons. The van der Waals surface area contributed by atoms with Crippen molar-refractivity contribution in [3.63, 3.8) is 0 Å². The van der Waals surface area contributed by atoms with Gasteiger partial charge in [0, 0.05) is 13.0 Å². The zero-order valence-corrected chi connectivity index (χ0v) is 18.1. The van der Waals surface area contributed by atoms with Crippen LogP contribution >= 0.6 is 7.82 Å². The molecule has 1 fully saturated rings. The molecule has 0 aromatic heterocycles. The Hall–Kier alpha value is -2.01. The van der Waals surface area contributed by atoms with Gasteiger partial charge in [0.1, 0.15) is 24.0 Å². The molecule has 4 atom stereocenters. The maximum Gasteiger partial charge on any atom is 0.472 e. The SMILES string of the molecule is COc1ccccc1CCC(=O)O[C@H]1CCCO[C@@H]1COP(=O)(O)OC[C@H](N)C(=O)O. The van der Waals surface area contributed by atoms with Crippen molar-refractivity contribution in [1.29, 1.82) is 0 Å². The van der Waals surface area contributed by atoms with Crippen molar-refractivity contribution in [2.24, 2.45) is 5.73 Å². The number of carbonyl (C=O) groups excluding carboxylic acids is 1. The van der Waals surface area contributed by atoms with E-state index in [2.05, 4.69) is 4.52 Å². The van der Waals surface area contributed by atoms with E-state index in [1.165, 1.54) is 0 Å². The second-order valence-electron chi connectivity index (χ2n) is 6.90. The highest BCUT2D eigenvalue weighted by molar-refractivity contribution is 7.47. The number of carboxylic acids is 1. The number of aliphatic carboxylic acids is 1. The van der Waals surface area contributed by atoms with Gasteiger partial charge in [0.15, 0.2) is 0 Å². The molecule has 1 aliphatic rings. The predicted molar refractivity (Wildman–Crippen MR) is 108 cm³/mol. The van der Waals surface area contributed by atoms with Crippen molar-refractivity contribution in [2.75, 3.05) is 26.9 Å². The fraction of sp³-hybridized carbons (Fsp3) is 0.579. The Morgan fingerprint density at radius 3 is 2.77 bits per heavy atom. The lowest BCUT2D eigenvalue weighted by molar-refractivity contribution is -0.166. The second kappa shape index (κ2) is 12.1. The largest absolute Gasteiger partial charge is 0.496 e. The molecule has 0 bridgehead atoms. The van der Waals surface area contributed by atoms with Crippen molar-refractivity contribution in [3.05, 3.63) is 29.8 Å². The number of phosphoric ester groups is 1. The molecule has 12 heteroatoms. The minimum absolute atomic E-state index is 0.124. The maximum absolute atomic E-state index is 12.3. The minimum atomic E-state index is -4.55. The Morgan fingerprint density at radius 2 is 2.06 bits per heavy atom. The Labute approximate surface area is 180 Å². The van der Waals surface area contributed by atoms with Crippen molar-refractivity contribution in [3.8, 4) is 5.75 Å². The number of para-hydroxylation sites is 1. The van der Waals surface area contributed by atoms with E-state index < -0.39 is 44.6 Å². The first-order valence-corrected chi connectivity index (χ1v) is 11.2. The Bertz CT molecular complexity index is 789. The quantitative estimate of drug-likeness (QED) is 0.303. The minimum Gasteiger partial charge on any atom is -0.496 e. The molecule has 2 rings (SSSR count). The normalized spacial score (nSPS) is 21.6. The van der Waals surface area contributed by atoms with Gasteiger partial charge in [0.25, 0.3) is 0 Å². The first-order valence-electron chi connectivity index (χ1n) is 9.75. The third-order valence-corrected chi connectivity index (χ3v) is 5.54. The van der Waals surface area contributed by atoms with Gasteiger partial charge in [-0.1, -0.05) is 18.2 Å². The molecule has 0 amide bonds. The highest BCUT2D eigenvalue weighted by Crippen LogP contribution is 2.43. The summed E-state index contributed by atoms with van der Waals surface area (Å²) in [5.41, 5.74) is 6.10. The number of phosphoric acid groups is 1. The van der Waals surface area contributed by atoms with Gasteiger partial charge in [-0.2, -0.15) is 0 Å². The molecule has 11 nitrogen and oxygen atoms in total. The summed E-state index contributed by atoms with van der Waals surface area (Å²) >= 11 is 0. The number of carbonyl (C=O) groups is 2. The Balaban J connectivity index is 1.83. The van der Waals surface area contributed by atoms with Crippen LogP contribution in [0.2, 0.25) is 0 Å². The molecular weight excluding hydrogens is 433 g/mol.